The van der Waals surface area contributed by atoms with Crippen LogP contribution in [-0.2, 0) is 9.59 Å². The highest BCUT2D eigenvalue weighted by Gasteiger charge is 2.21. The van der Waals surface area contributed by atoms with Crippen LogP contribution in [0.2, 0.25) is 0 Å². The van der Waals surface area contributed by atoms with Crippen LogP contribution in [0.4, 0.5) is 17.1 Å². The number of hydrogen-bond acceptors (Lipinski definition) is 9. The van der Waals surface area contributed by atoms with E-state index in [0.717, 1.165) is 18.2 Å². The van der Waals surface area contributed by atoms with E-state index in [-0.39, 0.29) is 11.5 Å². The Morgan fingerprint density at radius 3 is 2.38 bits per heavy atom. The largest absolute Gasteiger partial charge is 0.494 e. The van der Waals surface area contributed by atoms with Crippen molar-refractivity contribution in [1.82, 2.24) is 5.43 Å². The Labute approximate surface area is 210 Å². The molecule has 0 saturated carbocycles. The highest BCUT2D eigenvalue weighted by Crippen LogP contribution is 2.34. The molecule has 0 fully saturated rings. The van der Waals surface area contributed by atoms with E-state index < -0.39 is 39.5 Å². The Bertz CT molecular complexity index is 1340. The molecule has 190 valence electrons. The average Bonchev–Trinajstić information content (AvgIpc) is 2.85. The van der Waals surface area contributed by atoms with Crippen molar-refractivity contribution in [3.8, 4) is 17.2 Å². The Kier molecular flexibility index (Phi) is 8.80. The van der Waals surface area contributed by atoms with E-state index in [2.05, 4.69) is 15.8 Å². The Morgan fingerprint density at radius 1 is 0.946 bits per heavy atom. The summed E-state index contributed by atoms with van der Waals surface area (Å²) in [4.78, 5) is 44.7. The molecule has 0 aliphatic carbocycles. The van der Waals surface area contributed by atoms with E-state index in [1.165, 1.54) is 18.3 Å². The lowest BCUT2D eigenvalue weighted by atomic mass is 10.2. The van der Waals surface area contributed by atoms with Crippen molar-refractivity contribution < 1.29 is 28.9 Å². The van der Waals surface area contributed by atoms with Gasteiger partial charge in [-0.3, -0.25) is 29.8 Å². The first kappa shape index (κ1) is 26.3. The second kappa shape index (κ2) is 12.4. The molecule has 0 atom stereocenters. The van der Waals surface area contributed by atoms with E-state index in [9.17, 15) is 29.8 Å². The zero-order valence-corrected chi connectivity index (χ0v) is 19.5. The van der Waals surface area contributed by atoms with Gasteiger partial charge in [-0.15, -0.1) is 0 Å². The summed E-state index contributed by atoms with van der Waals surface area (Å²) in [6.45, 7) is 2.38. The van der Waals surface area contributed by atoms with Crippen LogP contribution in [0.15, 0.2) is 71.8 Å². The summed E-state index contributed by atoms with van der Waals surface area (Å²) >= 11 is 0. The van der Waals surface area contributed by atoms with Crippen molar-refractivity contribution in [3.63, 3.8) is 0 Å². The number of carbonyl (C=O) groups is 2. The number of nitrogens with zero attached hydrogens (tertiary/aromatic N) is 3. The molecule has 0 aromatic heterocycles. The fourth-order valence-corrected chi connectivity index (χ4v) is 3.00. The smallest absolute Gasteiger partial charge is 0.318 e. The summed E-state index contributed by atoms with van der Waals surface area (Å²) in [5.74, 6) is -0.503. The number of carbonyl (C=O) groups excluding carboxylic acids is 2. The molecule has 0 unspecified atom stereocenters. The summed E-state index contributed by atoms with van der Waals surface area (Å²) in [6.07, 6.45) is 0.830. The molecule has 37 heavy (non-hydrogen) atoms. The van der Waals surface area contributed by atoms with Gasteiger partial charge in [-0.05, 0) is 55.0 Å². The third-order valence-electron chi connectivity index (χ3n) is 4.61. The van der Waals surface area contributed by atoms with E-state index in [0.29, 0.717) is 23.6 Å². The number of nitro groups is 2. The molecule has 3 rings (SSSR count). The van der Waals surface area contributed by atoms with Crippen molar-refractivity contribution in [1.29, 1.82) is 0 Å². The summed E-state index contributed by atoms with van der Waals surface area (Å²) < 4.78 is 10.9. The van der Waals surface area contributed by atoms with E-state index in [4.69, 9.17) is 9.47 Å². The molecule has 2 N–H and O–H groups in total. The van der Waals surface area contributed by atoms with Gasteiger partial charge in [-0.1, -0.05) is 12.1 Å². The van der Waals surface area contributed by atoms with Crippen molar-refractivity contribution >= 4 is 35.1 Å². The first-order chi connectivity index (χ1) is 17.7. The van der Waals surface area contributed by atoms with Gasteiger partial charge < -0.3 is 14.8 Å². The Morgan fingerprint density at radius 2 is 1.70 bits per heavy atom. The zero-order chi connectivity index (χ0) is 26.8. The monoisotopic (exact) mass is 507 g/mol. The number of rotatable bonds is 11. The zero-order valence-electron chi connectivity index (χ0n) is 19.5. The average molecular weight is 507 g/mol. The summed E-state index contributed by atoms with van der Waals surface area (Å²) in [6, 6.07) is 15.9. The number of benzene rings is 3. The van der Waals surface area contributed by atoms with Crippen LogP contribution in [0.5, 0.6) is 17.2 Å². The lowest BCUT2D eigenvalue weighted by Crippen LogP contribution is -2.24. The highest BCUT2D eigenvalue weighted by atomic mass is 16.6. The number of nitrogens with one attached hydrogen (secondary N) is 2. The SMILES string of the molecule is CCOc1ccc(NC(=O)CC(=O)NN=Cc2cccc(Oc3ccc([N+](=O)[O-])cc3[N+](=O)[O-])c2)cc1. The fraction of sp³-hybridized carbons (Fsp3) is 0.125. The molecule has 2 amide bonds. The molecular formula is C24H21N5O8. The number of anilines is 1. The highest BCUT2D eigenvalue weighted by molar-refractivity contribution is 6.03. The third kappa shape index (κ3) is 7.85. The molecule has 0 heterocycles. The van der Waals surface area contributed by atoms with Crippen LogP contribution in [-0.4, -0.2) is 34.5 Å². The summed E-state index contributed by atoms with van der Waals surface area (Å²) in [7, 11) is 0. The lowest BCUT2D eigenvalue weighted by molar-refractivity contribution is -0.394. The first-order valence-corrected chi connectivity index (χ1v) is 10.8. The maximum absolute atomic E-state index is 12.1. The number of ether oxygens (including phenoxy) is 2. The Hall–Kier alpha value is -5.33. The van der Waals surface area contributed by atoms with Gasteiger partial charge in [0.25, 0.3) is 5.69 Å². The van der Waals surface area contributed by atoms with Crippen LogP contribution in [0.3, 0.4) is 0 Å². The van der Waals surface area contributed by atoms with E-state index in [1.54, 1.807) is 36.4 Å². The van der Waals surface area contributed by atoms with Gasteiger partial charge in [-0.2, -0.15) is 5.10 Å². The normalized spacial score (nSPS) is 10.5. The predicted octanol–water partition coefficient (Wildman–Crippen LogP) is 4.17. The number of hydrazone groups is 1. The lowest BCUT2D eigenvalue weighted by Gasteiger charge is -2.07. The second-order valence-corrected chi connectivity index (χ2v) is 7.32. The number of non-ortho nitro benzene ring substituents is 1. The molecule has 3 aromatic rings. The van der Waals surface area contributed by atoms with E-state index in [1.807, 2.05) is 6.92 Å². The predicted molar refractivity (Wildman–Crippen MR) is 133 cm³/mol. The van der Waals surface area contributed by atoms with Gasteiger partial charge in [0.2, 0.25) is 17.6 Å². The minimum atomic E-state index is -0.783. The molecule has 0 bridgehead atoms. The third-order valence-corrected chi connectivity index (χ3v) is 4.61. The summed E-state index contributed by atoms with van der Waals surface area (Å²) in [5, 5.41) is 28.6. The van der Waals surface area contributed by atoms with Crippen LogP contribution < -0.4 is 20.2 Å². The topological polar surface area (TPSA) is 175 Å². The molecular weight excluding hydrogens is 486 g/mol. The van der Waals surface area contributed by atoms with Gasteiger partial charge in [0.15, 0.2) is 0 Å². The number of hydrogen-bond donors (Lipinski definition) is 2. The number of amides is 2. The second-order valence-electron chi connectivity index (χ2n) is 7.32. The summed E-state index contributed by atoms with van der Waals surface area (Å²) in [5.41, 5.74) is 2.22. The minimum absolute atomic E-state index is 0.184. The van der Waals surface area contributed by atoms with Gasteiger partial charge >= 0.3 is 5.69 Å². The molecule has 0 aliphatic heterocycles. The van der Waals surface area contributed by atoms with E-state index >= 15 is 0 Å². The van der Waals surface area contributed by atoms with Gasteiger partial charge in [0.1, 0.15) is 17.9 Å². The quantitative estimate of drug-likeness (QED) is 0.168. The molecule has 13 nitrogen and oxygen atoms in total. The molecule has 0 saturated heterocycles. The van der Waals surface area contributed by atoms with Crippen molar-refractivity contribution in [2.45, 2.75) is 13.3 Å². The van der Waals surface area contributed by atoms with Crippen molar-refractivity contribution in [2.75, 3.05) is 11.9 Å². The van der Waals surface area contributed by atoms with Crippen LogP contribution >= 0.6 is 0 Å². The maximum Gasteiger partial charge on any atom is 0.318 e. The van der Waals surface area contributed by atoms with Crippen LogP contribution in [0.25, 0.3) is 0 Å². The maximum atomic E-state index is 12.1. The van der Waals surface area contributed by atoms with Crippen molar-refractivity contribution in [2.24, 2.45) is 5.10 Å². The molecule has 0 spiro atoms. The molecule has 0 aliphatic rings. The molecule has 0 radical (unpaired) electrons. The molecule has 13 heteroatoms. The van der Waals surface area contributed by atoms with Gasteiger partial charge in [-0.25, -0.2) is 5.43 Å². The Balaban J connectivity index is 1.56. The van der Waals surface area contributed by atoms with Gasteiger partial charge in [0.05, 0.1) is 28.7 Å². The first-order valence-electron chi connectivity index (χ1n) is 10.8. The van der Waals surface area contributed by atoms with Crippen LogP contribution in [0, 0.1) is 20.2 Å². The van der Waals surface area contributed by atoms with Crippen molar-refractivity contribution in [3.05, 3.63) is 92.5 Å². The standard InChI is InChI=1S/C24H21N5O8/c1-2-36-19-9-6-17(7-10-19)26-23(30)14-24(31)27-25-15-16-4-3-5-20(12-16)37-22-11-8-18(28(32)33)13-21(22)29(34)35/h3-13,15H,2,14H2,1H3,(H,26,30)(H,27,31). The molecule has 3 aromatic carbocycles. The number of nitro benzene ring substituents is 2. The van der Waals surface area contributed by atoms with Crippen LogP contribution in [0.1, 0.15) is 18.9 Å². The minimum Gasteiger partial charge on any atom is -0.494 e. The fourth-order valence-electron chi connectivity index (χ4n) is 3.00. The van der Waals surface area contributed by atoms with Gasteiger partial charge in [0, 0.05) is 11.8 Å².